The number of rotatable bonds is 7. The summed E-state index contributed by atoms with van der Waals surface area (Å²) in [5.41, 5.74) is 0.375. The van der Waals surface area contributed by atoms with Crippen LogP contribution >= 0.6 is 11.6 Å². The third-order valence-corrected chi connectivity index (χ3v) is 2.89. The number of benzene rings is 1. The molecule has 0 bridgehead atoms. The van der Waals surface area contributed by atoms with Gasteiger partial charge in [0.15, 0.2) is 0 Å². The quantitative estimate of drug-likeness (QED) is 0.781. The summed E-state index contributed by atoms with van der Waals surface area (Å²) in [5.74, 6) is 0.190. The fraction of sp³-hybridized carbons (Fsp3) is 0.500. The van der Waals surface area contributed by atoms with Crippen LogP contribution in [0.5, 0.6) is 5.75 Å². The van der Waals surface area contributed by atoms with Gasteiger partial charge in [0, 0.05) is 12.1 Å². The predicted octanol–water partition coefficient (Wildman–Crippen LogP) is 3.67. The maximum Gasteiger partial charge on any atom is 0.387 e. The van der Waals surface area contributed by atoms with Crippen LogP contribution in [0.2, 0.25) is 0 Å². The highest BCUT2D eigenvalue weighted by atomic mass is 35.5. The van der Waals surface area contributed by atoms with E-state index in [2.05, 4.69) is 23.9 Å². The van der Waals surface area contributed by atoms with Gasteiger partial charge in [0.1, 0.15) is 5.75 Å². The van der Waals surface area contributed by atoms with E-state index in [-0.39, 0.29) is 17.0 Å². The molecule has 3 nitrogen and oxygen atoms in total. The molecule has 1 amide bonds. The highest BCUT2D eigenvalue weighted by molar-refractivity contribution is 6.20. The Morgan fingerprint density at radius 2 is 1.90 bits per heavy atom. The van der Waals surface area contributed by atoms with Crippen molar-refractivity contribution in [3.05, 3.63) is 29.8 Å². The molecule has 6 heteroatoms. The first-order chi connectivity index (χ1) is 9.38. The molecular formula is C14H18ClF2NO2. The SMILES string of the molecule is CC(C)CC(Cl)CNC(=O)c1ccc(OC(F)F)cc1. The summed E-state index contributed by atoms with van der Waals surface area (Å²) in [6.45, 7) is 1.61. The molecule has 0 spiro atoms. The molecule has 20 heavy (non-hydrogen) atoms. The summed E-state index contributed by atoms with van der Waals surface area (Å²) < 4.78 is 28.2. The van der Waals surface area contributed by atoms with Crippen LogP contribution in [0.15, 0.2) is 24.3 Å². The minimum Gasteiger partial charge on any atom is -0.435 e. The molecule has 0 saturated heterocycles. The lowest BCUT2D eigenvalue weighted by Crippen LogP contribution is -2.30. The average molecular weight is 306 g/mol. The lowest BCUT2D eigenvalue weighted by Gasteiger charge is -2.13. The number of hydrogen-bond acceptors (Lipinski definition) is 2. The Bertz CT molecular complexity index is 424. The molecule has 0 aliphatic carbocycles. The maximum atomic E-state index is 12.0. The lowest BCUT2D eigenvalue weighted by molar-refractivity contribution is -0.0498. The number of amides is 1. The van der Waals surface area contributed by atoms with E-state index in [4.69, 9.17) is 11.6 Å². The zero-order valence-electron chi connectivity index (χ0n) is 11.4. The van der Waals surface area contributed by atoms with E-state index in [1.165, 1.54) is 24.3 Å². The highest BCUT2D eigenvalue weighted by Crippen LogP contribution is 2.15. The van der Waals surface area contributed by atoms with Gasteiger partial charge in [-0.25, -0.2) is 0 Å². The summed E-state index contributed by atoms with van der Waals surface area (Å²) in [6.07, 6.45) is 0.809. The Morgan fingerprint density at radius 3 is 2.40 bits per heavy atom. The van der Waals surface area contributed by atoms with Crippen molar-refractivity contribution < 1.29 is 18.3 Å². The molecule has 0 fully saturated rings. The van der Waals surface area contributed by atoms with Crippen LogP contribution in [0.3, 0.4) is 0 Å². The van der Waals surface area contributed by atoms with E-state index >= 15 is 0 Å². The third kappa shape index (κ3) is 6.19. The summed E-state index contributed by atoms with van der Waals surface area (Å²) in [7, 11) is 0. The van der Waals surface area contributed by atoms with Crippen molar-refractivity contribution in [1.29, 1.82) is 0 Å². The molecule has 1 aromatic rings. The van der Waals surface area contributed by atoms with Crippen molar-refractivity contribution in [1.82, 2.24) is 5.32 Å². The fourth-order valence-electron chi connectivity index (χ4n) is 1.69. The van der Waals surface area contributed by atoms with E-state index < -0.39 is 6.61 Å². The Hall–Kier alpha value is -1.36. The third-order valence-electron chi connectivity index (χ3n) is 2.55. The van der Waals surface area contributed by atoms with E-state index in [1.807, 2.05) is 0 Å². The zero-order valence-corrected chi connectivity index (χ0v) is 12.2. The van der Waals surface area contributed by atoms with E-state index in [0.29, 0.717) is 18.0 Å². The summed E-state index contributed by atoms with van der Waals surface area (Å²) in [5, 5.41) is 2.58. The van der Waals surface area contributed by atoms with Crippen molar-refractivity contribution in [3.63, 3.8) is 0 Å². The molecule has 0 aromatic heterocycles. The number of carbonyl (C=O) groups excluding carboxylic acids is 1. The molecule has 1 unspecified atom stereocenters. The van der Waals surface area contributed by atoms with Crippen LogP contribution in [-0.2, 0) is 0 Å². The predicted molar refractivity (Wildman–Crippen MR) is 74.5 cm³/mol. The molecule has 0 radical (unpaired) electrons. The molecule has 0 heterocycles. The molecule has 0 aliphatic heterocycles. The number of halogens is 3. The minimum atomic E-state index is -2.87. The number of ether oxygens (including phenoxy) is 1. The van der Waals surface area contributed by atoms with Gasteiger partial charge in [0.25, 0.3) is 5.91 Å². The second-order valence-electron chi connectivity index (χ2n) is 4.84. The van der Waals surface area contributed by atoms with Gasteiger partial charge in [0.05, 0.1) is 5.38 Å². The average Bonchev–Trinajstić information content (AvgIpc) is 2.35. The van der Waals surface area contributed by atoms with Crippen LogP contribution in [-0.4, -0.2) is 24.4 Å². The molecule has 1 N–H and O–H groups in total. The molecule has 0 aliphatic rings. The van der Waals surface area contributed by atoms with Gasteiger partial charge in [-0.3, -0.25) is 4.79 Å². The molecule has 112 valence electrons. The van der Waals surface area contributed by atoms with Gasteiger partial charge >= 0.3 is 6.61 Å². The van der Waals surface area contributed by atoms with Crippen molar-refractivity contribution >= 4 is 17.5 Å². The Kier molecular flexibility index (Phi) is 6.71. The second-order valence-corrected chi connectivity index (χ2v) is 5.46. The van der Waals surface area contributed by atoms with Crippen LogP contribution in [0.1, 0.15) is 30.6 Å². The van der Waals surface area contributed by atoms with Crippen LogP contribution in [0.25, 0.3) is 0 Å². The molecule has 1 rings (SSSR count). The van der Waals surface area contributed by atoms with Crippen molar-refractivity contribution in [2.75, 3.05) is 6.54 Å². The summed E-state index contributed by atoms with van der Waals surface area (Å²) in [4.78, 5) is 11.8. The number of nitrogens with one attached hydrogen (secondary N) is 1. The van der Waals surface area contributed by atoms with Gasteiger partial charge in [-0.15, -0.1) is 11.6 Å². The van der Waals surface area contributed by atoms with Crippen molar-refractivity contribution in [3.8, 4) is 5.75 Å². The standard InChI is InChI=1S/C14H18ClF2NO2/c1-9(2)7-11(15)8-18-13(19)10-3-5-12(6-4-10)20-14(16)17/h3-6,9,11,14H,7-8H2,1-2H3,(H,18,19). The van der Waals surface area contributed by atoms with Crippen molar-refractivity contribution in [2.45, 2.75) is 32.3 Å². The minimum absolute atomic E-state index is 0.0200. The summed E-state index contributed by atoms with van der Waals surface area (Å²) >= 11 is 6.07. The normalized spacial score (nSPS) is 12.6. The van der Waals surface area contributed by atoms with Gasteiger partial charge < -0.3 is 10.1 Å². The van der Waals surface area contributed by atoms with Crippen LogP contribution in [0, 0.1) is 5.92 Å². The summed E-state index contributed by atoms with van der Waals surface area (Å²) in [6, 6.07) is 5.51. The Balaban J connectivity index is 2.47. The molecule has 0 saturated carbocycles. The maximum absolute atomic E-state index is 12.0. The first-order valence-electron chi connectivity index (χ1n) is 6.35. The Morgan fingerprint density at radius 1 is 1.30 bits per heavy atom. The zero-order chi connectivity index (χ0) is 15.1. The monoisotopic (exact) mass is 305 g/mol. The van der Waals surface area contributed by atoms with E-state index in [9.17, 15) is 13.6 Å². The van der Waals surface area contributed by atoms with Gasteiger partial charge in [0.2, 0.25) is 0 Å². The lowest BCUT2D eigenvalue weighted by atomic mass is 10.1. The smallest absolute Gasteiger partial charge is 0.387 e. The van der Waals surface area contributed by atoms with Crippen molar-refractivity contribution in [2.24, 2.45) is 5.92 Å². The second kappa shape index (κ2) is 8.04. The van der Waals surface area contributed by atoms with E-state index in [1.54, 1.807) is 0 Å². The van der Waals surface area contributed by atoms with Crippen LogP contribution < -0.4 is 10.1 Å². The topological polar surface area (TPSA) is 38.3 Å². The van der Waals surface area contributed by atoms with E-state index in [0.717, 1.165) is 6.42 Å². The first kappa shape index (κ1) is 16.7. The number of alkyl halides is 3. The first-order valence-corrected chi connectivity index (χ1v) is 6.79. The van der Waals surface area contributed by atoms with Crippen LogP contribution in [0.4, 0.5) is 8.78 Å². The van der Waals surface area contributed by atoms with Gasteiger partial charge in [-0.2, -0.15) is 8.78 Å². The van der Waals surface area contributed by atoms with Gasteiger partial charge in [-0.05, 0) is 36.6 Å². The molecule has 1 aromatic carbocycles. The van der Waals surface area contributed by atoms with Gasteiger partial charge in [-0.1, -0.05) is 13.8 Å². The highest BCUT2D eigenvalue weighted by Gasteiger charge is 2.11. The molecule has 1 atom stereocenters. The Labute approximate surface area is 122 Å². The number of carbonyl (C=O) groups is 1. The molecular weight excluding hydrogens is 288 g/mol. The largest absolute Gasteiger partial charge is 0.435 e. The number of hydrogen-bond donors (Lipinski definition) is 1. The fourth-order valence-corrected chi connectivity index (χ4v) is 2.12.